The maximum Gasteiger partial charge on any atom is 0.197 e. The van der Waals surface area contributed by atoms with Crippen LogP contribution in [0.15, 0.2) is 46.8 Å². The third-order valence-corrected chi connectivity index (χ3v) is 5.81. The summed E-state index contributed by atoms with van der Waals surface area (Å²) in [6.07, 6.45) is 1.59. The molecule has 0 saturated carbocycles. The van der Waals surface area contributed by atoms with Gasteiger partial charge in [0.2, 0.25) is 0 Å². The van der Waals surface area contributed by atoms with Crippen LogP contribution < -0.4 is 0 Å². The molecule has 0 atom stereocenters. The quantitative estimate of drug-likeness (QED) is 0.491. The summed E-state index contributed by atoms with van der Waals surface area (Å²) in [5.41, 5.74) is 0.973. The Morgan fingerprint density at radius 3 is 2.71 bits per heavy atom. The number of rotatable bonds is 3. The molecule has 0 amide bonds. The first-order chi connectivity index (χ1) is 11.6. The highest BCUT2D eigenvalue weighted by Gasteiger charge is 2.15. The summed E-state index contributed by atoms with van der Waals surface area (Å²) in [4.78, 5) is 10.9. The number of aromatic nitrogens is 5. The SMILES string of the molecule is Cc1cc2c(Sc3nnc(-c4ccc(Cl)cc4)n3C)ncnc2s1. The van der Waals surface area contributed by atoms with E-state index < -0.39 is 0 Å². The summed E-state index contributed by atoms with van der Waals surface area (Å²) in [6.45, 7) is 2.07. The van der Waals surface area contributed by atoms with E-state index in [1.807, 2.05) is 35.9 Å². The van der Waals surface area contributed by atoms with Gasteiger partial charge in [-0.05, 0) is 49.0 Å². The highest BCUT2D eigenvalue weighted by atomic mass is 35.5. The van der Waals surface area contributed by atoms with Gasteiger partial charge >= 0.3 is 0 Å². The van der Waals surface area contributed by atoms with Gasteiger partial charge in [0.25, 0.3) is 0 Å². The molecule has 5 nitrogen and oxygen atoms in total. The fourth-order valence-electron chi connectivity index (χ4n) is 2.38. The number of thiophene rings is 1. The van der Waals surface area contributed by atoms with E-state index in [9.17, 15) is 0 Å². The number of nitrogens with zero attached hydrogens (tertiary/aromatic N) is 5. The smallest absolute Gasteiger partial charge is 0.197 e. The molecule has 0 fully saturated rings. The molecule has 3 aromatic heterocycles. The van der Waals surface area contributed by atoms with Crippen LogP contribution in [0.3, 0.4) is 0 Å². The predicted octanol–water partition coefficient (Wildman–Crippen LogP) is 4.60. The average Bonchev–Trinajstić information content (AvgIpc) is 3.12. The topological polar surface area (TPSA) is 56.5 Å². The largest absolute Gasteiger partial charge is 0.305 e. The zero-order valence-corrected chi connectivity index (χ0v) is 15.3. The Labute approximate surface area is 151 Å². The van der Waals surface area contributed by atoms with Gasteiger partial charge in [-0.3, -0.25) is 0 Å². The minimum Gasteiger partial charge on any atom is -0.305 e. The molecule has 0 aliphatic rings. The Morgan fingerprint density at radius 1 is 1.12 bits per heavy atom. The fourth-order valence-corrected chi connectivity index (χ4v) is 4.26. The average molecular weight is 374 g/mol. The third-order valence-electron chi connectivity index (χ3n) is 3.54. The summed E-state index contributed by atoms with van der Waals surface area (Å²) < 4.78 is 1.96. The molecule has 0 aliphatic carbocycles. The molecular weight excluding hydrogens is 362 g/mol. The summed E-state index contributed by atoms with van der Waals surface area (Å²) in [5, 5.41) is 12.0. The van der Waals surface area contributed by atoms with Crippen LogP contribution >= 0.6 is 34.7 Å². The zero-order valence-electron chi connectivity index (χ0n) is 12.9. The van der Waals surface area contributed by atoms with Gasteiger partial charge < -0.3 is 4.57 Å². The summed E-state index contributed by atoms with van der Waals surface area (Å²) in [7, 11) is 1.95. The lowest BCUT2D eigenvalue weighted by atomic mass is 10.2. The van der Waals surface area contributed by atoms with Crippen LogP contribution in [0.1, 0.15) is 4.88 Å². The van der Waals surface area contributed by atoms with Gasteiger partial charge in [0.05, 0.1) is 0 Å². The molecule has 8 heteroatoms. The molecule has 0 bridgehead atoms. The molecule has 4 aromatic rings. The van der Waals surface area contributed by atoms with Gasteiger partial charge in [0.15, 0.2) is 11.0 Å². The van der Waals surface area contributed by atoms with Gasteiger partial charge in [-0.25, -0.2) is 9.97 Å². The molecule has 0 aliphatic heterocycles. The van der Waals surface area contributed by atoms with Crippen molar-refractivity contribution in [2.45, 2.75) is 17.1 Å². The Hall–Kier alpha value is -1.96. The summed E-state index contributed by atoms with van der Waals surface area (Å²) >= 11 is 9.11. The number of hydrogen-bond donors (Lipinski definition) is 0. The van der Waals surface area contributed by atoms with Crippen molar-refractivity contribution in [3.8, 4) is 11.4 Å². The second-order valence-electron chi connectivity index (χ2n) is 5.23. The second kappa shape index (κ2) is 6.16. The lowest BCUT2D eigenvalue weighted by Gasteiger charge is -2.04. The number of fused-ring (bicyclic) bond motifs is 1. The highest BCUT2D eigenvalue weighted by Crippen LogP contribution is 2.34. The number of benzene rings is 1. The Bertz CT molecular complexity index is 1020. The zero-order chi connectivity index (χ0) is 16.7. The molecular formula is C16H12ClN5S2. The van der Waals surface area contributed by atoms with Crippen LogP contribution in [0.2, 0.25) is 5.02 Å². The maximum absolute atomic E-state index is 5.95. The summed E-state index contributed by atoms with van der Waals surface area (Å²) in [5.74, 6) is 0.793. The van der Waals surface area contributed by atoms with E-state index >= 15 is 0 Å². The fraction of sp³-hybridized carbons (Fsp3) is 0.125. The van der Waals surface area contributed by atoms with Gasteiger partial charge in [0, 0.05) is 27.9 Å². The van der Waals surface area contributed by atoms with E-state index in [-0.39, 0.29) is 0 Å². The number of hydrogen-bond acceptors (Lipinski definition) is 6. The van der Waals surface area contributed by atoms with Crippen molar-refractivity contribution in [1.29, 1.82) is 0 Å². The first kappa shape index (κ1) is 15.6. The van der Waals surface area contributed by atoms with Crippen LogP contribution in [-0.4, -0.2) is 24.7 Å². The van der Waals surface area contributed by atoms with Crippen molar-refractivity contribution in [3.63, 3.8) is 0 Å². The maximum atomic E-state index is 5.95. The van der Waals surface area contributed by atoms with Crippen molar-refractivity contribution in [1.82, 2.24) is 24.7 Å². The number of aryl methyl sites for hydroxylation is 1. The first-order valence-corrected chi connectivity index (χ1v) is 9.17. The molecule has 0 spiro atoms. The molecule has 0 unspecified atom stereocenters. The predicted molar refractivity (Wildman–Crippen MR) is 97.7 cm³/mol. The lowest BCUT2D eigenvalue weighted by Crippen LogP contribution is -1.95. The molecule has 4 rings (SSSR count). The van der Waals surface area contributed by atoms with E-state index in [1.54, 1.807) is 17.7 Å². The van der Waals surface area contributed by atoms with Gasteiger partial charge in [-0.2, -0.15) is 0 Å². The van der Waals surface area contributed by atoms with Crippen molar-refractivity contribution in [2.75, 3.05) is 0 Å². The highest BCUT2D eigenvalue weighted by molar-refractivity contribution is 7.99. The minimum atomic E-state index is 0.701. The van der Waals surface area contributed by atoms with Gasteiger partial charge in [-0.1, -0.05) is 11.6 Å². The molecule has 1 aromatic carbocycles. The minimum absolute atomic E-state index is 0.701. The Morgan fingerprint density at radius 2 is 1.92 bits per heavy atom. The number of halogens is 1. The van der Waals surface area contributed by atoms with Crippen LogP contribution in [0, 0.1) is 6.92 Å². The second-order valence-corrected chi connectivity index (χ2v) is 7.86. The molecule has 120 valence electrons. The molecule has 0 radical (unpaired) electrons. The van der Waals surface area contributed by atoms with Crippen molar-refractivity contribution < 1.29 is 0 Å². The Balaban J connectivity index is 1.71. The van der Waals surface area contributed by atoms with Gasteiger partial charge in [-0.15, -0.1) is 21.5 Å². The lowest BCUT2D eigenvalue weighted by molar-refractivity contribution is 0.793. The van der Waals surface area contributed by atoms with Gasteiger partial charge in [0.1, 0.15) is 16.2 Å². The molecule has 3 heterocycles. The Kier molecular flexibility index (Phi) is 3.99. The van der Waals surface area contributed by atoms with Crippen molar-refractivity contribution in [2.24, 2.45) is 7.05 Å². The van der Waals surface area contributed by atoms with Crippen LogP contribution in [0.4, 0.5) is 0 Å². The van der Waals surface area contributed by atoms with Crippen LogP contribution in [0.5, 0.6) is 0 Å². The van der Waals surface area contributed by atoms with E-state index in [0.717, 1.165) is 31.8 Å². The van der Waals surface area contributed by atoms with Crippen molar-refractivity contribution in [3.05, 3.63) is 46.6 Å². The van der Waals surface area contributed by atoms with E-state index in [4.69, 9.17) is 11.6 Å². The van der Waals surface area contributed by atoms with Crippen LogP contribution in [0.25, 0.3) is 21.6 Å². The summed E-state index contributed by atoms with van der Waals surface area (Å²) in [6, 6.07) is 9.68. The first-order valence-electron chi connectivity index (χ1n) is 7.16. The van der Waals surface area contributed by atoms with Crippen molar-refractivity contribution >= 4 is 44.9 Å². The van der Waals surface area contributed by atoms with E-state index in [0.29, 0.717) is 5.02 Å². The monoisotopic (exact) mass is 373 g/mol. The molecule has 0 saturated heterocycles. The van der Waals surface area contributed by atoms with Crippen LogP contribution in [-0.2, 0) is 7.05 Å². The molecule has 0 N–H and O–H groups in total. The standard InChI is InChI=1S/C16H12ClN5S2/c1-9-7-12-14(23-9)18-8-19-15(12)24-16-21-20-13(22(16)2)10-3-5-11(17)6-4-10/h3-8H,1-2H3. The van der Waals surface area contributed by atoms with E-state index in [1.165, 1.54) is 16.6 Å². The normalized spacial score (nSPS) is 11.3. The van der Waals surface area contributed by atoms with E-state index in [2.05, 4.69) is 33.2 Å². The third kappa shape index (κ3) is 2.79. The molecule has 24 heavy (non-hydrogen) atoms.